The predicted molar refractivity (Wildman–Crippen MR) is 116 cm³/mol. The summed E-state index contributed by atoms with van der Waals surface area (Å²) in [6, 6.07) is 17.2. The molecule has 6 heteroatoms. The van der Waals surface area contributed by atoms with Gasteiger partial charge < -0.3 is 4.57 Å². The first-order valence-electron chi connectivity index (χ1n) is 9.79. The number of urea groups is 1. The number of carbonyl (C=O) groups is 3. The number of nitrogens with zero attached hydrogens (tertiary/aromatic N) is 2. The third-order valence-corrected chi connectivity index (χ3v) is 5.09. The Bertz CT molecular complexity index is 1180. The van der Waals surface area contributed by atoms with Crippen molar-refractivity contribution in [3.63, 3.8) is 0 Å². The number of hydrogen-bond acceptors (Lipinski definition) is 3. The second-order valence-electron chi connectivity index (χ2n) is 8.34. The van der Waals surface area contributed by atoms with Gasteiger partial charge in [-0.3, -0.25) is 19.8 Å². The quantitative estimate of drug-likeness (QED) is 0.534. The molecule has 1 saturated heterocycles. The molecule has 0 radical (unpaired) electrons. The van der Waals surface area contributed by atoms with Crippen molar-refractivity contribution >= 4 is 34.8 Å². The SMILES string of the molecule is CC(C)(C)N1C(=O)NC(=O)/C(=C/c2cn(Cc3ccccc3)c3ccccc23)C1=O. The Morgan fingerprint density at radius 2 is 1.60 bits per heavy atom. The lowest BCUT2D eigenvalue weighted by atomic mass is 10.0. The van der Waals surface area contributed by atoms with Crippen molar-refractivity contribution in [3.05, 3.63) is 77.5 Å². The molecule has 1 fully saturated rings. The maximum absolute atomic E-state index is 13.0. The highest BCUT2D eigenvalue weighted by molar-refractivity contribution is 6.31. The Balaban J connectivity index is 1.79. The van der Waals surface area contributed by atoms with Gasteiger partial charge in [-0.1, -0.05) is 48.5 Å². The minimum atomic E-state index is -0.748. The van der Waals surface area contributed by atoms with Crippen molar-refractivity contribution in [1.29, 1.82) is 0 Å². The van der Waals surface area contributed by atoms with E-state index in [2.05, 4.69) is 22.0 Å². The fraction of sp³-hybridized carbons (Fsp3) is 0.208. The number of barbiturate groups is 1. The molecule has 0 aliphatic carbocycles. The number of para-hydroxylation sites is 1. The standard InChI is InChI=1S/C24H23N3O3/c1-24(2,3)27-22(29)19(21(28)25-23(27)30)13-17-15-26(14-16-9-5-4-6-10-16)20-12-8-7-11-18(17)20/h4-13,15H,14H2,1-3H3,(H,25,28,30)/b19-13-. The normalized spacial score (nSPS) is 16.4. The highest BCUT2D eigenvalue weighted by atomic mass is 16.2. The van der Waals surface area contributed by atoms with Gasteiger partial charge in [0.15, 0.2) is 0 Å². The van der Waals surface area contributed by atoms with E-state index in [0.29, 0.717) is 6.54 Å². The van der Waals surface area contributed by atoms with Crippen LogP contribution < -0.4 is 5.32 Å². The summed E-state index contributed by atoms with van der Waals surface area (Å²) < 4.78 is 2.09. The second-order valence-corrected chi connectivity index (χ2v) is 8.34. The van der Waals surface area contributed by atoms with Gasteiger partial charge in [-0.15, -0.1) is 0 Å². The van der Waals surface area contributed by atoms with E-state index in [0.717, 1.165) is 26.9 Å². The summed E-state index contributed by atoms with van der Waals surface area (Å²) in [5.41, 5.74) is 2.10. The van der Waals surface area contributed by atoms with Gasteiger partial charge in [0.2, 0.25) is 0 Å². The van der Waals surface area contributed by atoms with Crippen molar-refractivity contribution in [2.24, 2.45) is 0 Å². The van der Waals surface area contributed by atoms with Crippen LogP contribution in [0.4, 0.5) is 4.79 Å². The summed E-state index contributed by atoms with van der Waals surface area (Å²) in [6.07, 6.45) is 3.51. The van der Waals surface area contributed by atoms with Crippen LogP contribution in [0, 0.1) is 0 Å². The van der Waals surface area contributed by atoms with Crippen LogP contribution in [0.3, 0.4) is 0 Å². The van der Waals surface area contributed by atoms with Gasteiger partial charge in [0.05, 0.1) is 0 Å². The monoisotopic (exact) mass is 401 g/mol. The van der Waals surface area contributed by atoms with E-state index in [1.54, 1.807) is 26.8 Å². The first-order valence-corrected chi connectivity index (χ1v) is 9.79. The van der Waals surface area contributed by atoms with E-state index in [1.165, 1.54) is 0 Å². The third kappa shape index (κ3) is 3.52. The molecule has 4 rings (SSSR count). The van der Waals surface area contributed by atoms with Crippen LogP contribution in [0.5, 0.6) is 0 Å². The Labute approximate surface area is 174 Å². The van der Waals surface area contributed by atoms with Crippen LogP contribution in [0.15, 0.2) is 66.4 Å². The molecule has 2 heterocycles. The Morgan fingerprint density at radius 3 is 2.30 bits per heavy atom. The molecule has 30 heavy (non-hydrogen) atoms. The molecule has 2 aromatic carbocycles. The first kappa shape index (κ1) is 19.6. The minimum Gasteiger partial charge on any atom is -0.342 e. The number of fused-ring (bicyclic) bond motifs is 1. The van der Waals surface area contributed by atoms with E-state index in [4.69, 9.17) is 0 Å². The smallest absolute Gasteiger partial charge is 0.331 e. The van der Waals surface area contributed by atoms with Crippen LogP contribution >= 0.6 is 0 Å². The van der Waals surface area contributed by atoms with Gasteiger partial charge in [-0.2, -0.15) is 0 Å². The lowest BCUT2D eigenvalue weighted by Gasteiger charge is -2.36. The van der Waals surface area contributed by atoms with Crippen LogP contribution in [0.2, 0.25) is 0 Å². The molecule has 0 bridgehead atoms. The first-order chi connectivity index (χ1) is 14.3. The number of amides is 4. The average Bonchev–Trinajstić information content (AvgIpc) is 3.02. The van der Waals surface area contributed by atoms with Gasteiger partial charge >= 0.3 is 6.03 Å². The minimum absolute atomic E-state index is 0.0489. The highest BCUT2D eigenvalue weighted by Gasteiger charge is 2.41. The van der Waals surface area contributed by atoms with E-state index in [1.807, 2.05) is 48.7 Å². The molecular formula is C24H23N3O3. The Morgan fingerprint density at radius 1 is 0.933 bits per heavy atom. The molecule has 3 aromatic rings. The number of rotatable bonds is 3. The maximum Gasteiger partial charge on any atom is 0.331 e. The molecule has 0 atom stereocenters. The third-order valence-electron chi connectivity index (χ3n) is 5.09. The van der Waals surface area contributed by atoms with Gasteiger partial charge in [0, 0.05) is 34.7 Å². The van der Waals surface area contributed by atoms with Crippen LogP contribution in [-0.4, -0.2) is 32.9 Å². The van der Waals surface area contributed by atoms with Gasteiger partial charge in [0.1, 0.15) is 5.57 Å². The largest absolute Gasteiger partial charge is 0.342 e. The molecule has 1 aromatic heterocycles. The van der Waals surface area contributed by atoms with E-state index in [9.17, 15) is 14.4 Å². The topological polar surface area (TPSA) is 71.4 Å². The average molecular weight is 401 g/mol. The van der Waals surface area contributed by atoms with Crippen LogP contribution in [0.1, 0.15) is 31.9 Å². The molecule has 1 aliphatic rings. The molecular weight excluding hydrogens is 378 g/mol. The number of aromatic nitrogens is 1. The molecule has 4 amide bonds. The molecule has 152 valence electrons. The summed E-state index contributed by atoms with van der Waals surface area (Å²) >= 11 is 0. The van der Waals surface area contributed by atoms with E-state index in [-0.39, 0.29) is 5.57 Å². The lowest BCUT2D eigenvalue weighted by Crippen LogP contribution is -2.60. The van der Waals surface area contributed by atoms with E-state index >= 15 is 0 Å². The van der Waals surface area contributed by atoms with Gasteiger partial charge in [-0.05, 0) is 38.5 Å². The molecule has 6 nitrogen and oxygen atoms in total. The number of hydrogen-bond donors (Lipinski definition) is 1. The van der Waals surface area contributed by atoms with Crippen molar-refractivity contribution in [3.8, 4) is 0 Å². The predicted octanol–water partition coefficient (Wildman–Crippen LogP) is 3.95. The molecule has 0 saturated carbocycles. The van der Waals surface area contributed by atoms with E-state index < -0.39 is 23.4 Å². The maximum atomic E-state index is 13.0. The summed E-state index contributed by atoms with van der Waals surface area (Å²) in [4.78, 5) is 38.8. The zero-order valence-corrected chi connectivity index (χ0v) is 17.2. The van der Waals surface area contributed by atoms with Crippen LogP contribution in [0.25, 0.3) is 17.0 Å². The number of carbonyl (C=O) groups excluding carboxylic acids is 3. The summed E-state index contributed by atoms with van der Waals surface area (Å²) in [5, 5.41) is 3.21. The summed E-state index contributed by atoms with van der Waals surface area (Å²) in [7, 11) is 0. The van der Waals surface area contributed by atoms with Crippen LogP contribution in [-0.2, 0) is 16.1 Å². The van der Waals surface area contributed by atoms with Crippen molar-refractivity contribution in [2.45, 2.75) is 32.9 Å². The Kier molecular flexibility index (Phi) is 4.78. The lowest BCUT2D eigenvalue weighted by molar-refractivity contribution is -0.133. The molecule has 0 spiro atoms. The fourth-order valence-electron chi connectivity index (χ4n) is 3.72. The zero-order chi connectivity index (χ0) is 21.5. The summed E-state index contributed by atoms with van der Waals surface area (Å²) in [5.74, 6) is -1.26. The number of nitrogens with one attached hydrogen (secondary N) is 1. The van der Waals surface area contributed by atoms with Crippen molar-refractivity contribution < 1.29 is 14.4 Å². The number of imide groups is 2. The van der Waals surface area contributed by atoms with Gasteiger partial charge in [0.25, 0.3) is 11.8 Å². The van der Waals surface area contributed by atoms with Crippen molar-refractivity contribution in [1.82, 2.24) is 14.8 Å². The molecule has 0 unspecified atom stereocenters. The van der Waals surface area contributed by atoms with Crippen molar-refractivity contribution in [2.75, 3.05) is 0 Å². The zero-order valence-electron chi connectivity index (χ0n) is 17.2. The Hall–Kier alpha value is -3.67. The molecule has 1 N–H and O–H groups in total. The summed E-state index contributed by atoms with van der Waals surface area (Å²) in [6.45, 7) is 5.92. The fourth-order valence-corrected chi connectivity index (χ4v) is 3.72. The second kappa shape index (κ2) is 7.30. The number of benzene rings is 2. The molecule has 1 aliphatic heterocycles. The highest BCUT2D eigenvalue weighted by Crippen LogP contribution is 2.27. The van der Waals surface area contributed by atoms with Gasteiger partial charge in [-0.25, -0.2) is 4.79 Å².